The molecule has 0 radical (unpaired) electrons. The minimum Gasteiger partial charge on any atom is -1.00 e. The van der Waals surface area contributed by atoms with Crippen LogP contribution in [0, 0.1) is 12.7 Å². The maximum atomic E-state index is 13.5. The summed E-state index contributed by atoms with van der Waals surface area (Å²) in [6.45, 7) is 1.57. The summed E-state index contributed by atoms with van der Waals surface area (Å²) in [4.78, 5) is 36.3. The number of hydrogen-bond acceptors (Lipinski definition) is 4. The zero-order chi connectivity index (χ0) is 24.3. The summed E-state index contributed by atoms with van der Waals surface area (Å²) >= 11 is 5.86. The number of aryl methyl sites for hydroxylation is 2. The van der Waals surface area contributed by atoms with Crippen LogP contribution in [-0.2, 0) is 11.8 Å². The number of aromatic hydroxyl groups is 1. The van der Waals surface area contributed by atoms with Gasteiger partial charge in [0.1, 0.15) is 11.6 Å². The van der Waals surface area contributed by atoms with Crippen molar-refractivity contribution in [1.82, 2.24) is 9.88 Å². The number of anilines is 1. The molecule has 1 atom stereocenters. The van der Waals surface area contributed by atoms with Gasteiger partial charge in [-0.1, -0.05) is 35.9 Å². The Bertz CT molecular complexity index is 1300. The third kappa shape index (κ3) is 6.38. The summed E-state index contributed by atoms with van der Waals surface area (Å²) < 4.78 is 14.7. The number of nitrogens with zero attached hydrogens (tertiary/aromatic N) is 1. The predicted octanol–water partition coefficient (Wildman–Crippen LogP) is 1.31. The van der Waals surface area contributed by atoms with Crippen molar-refractivity contribution in [3.63, 3.8) is 0 Å². The number of benzene rings is 2. The Morgan fingerprint density at radius 2 is 1.88 bits per heavy atom. The van der Waals surface area contributed by atoms with Gasteiger partial charge in [0.15, 0.2) is 5.69 Å². The summed E-state index contributed by atoms with van der Waals surface area (Å²) in [6, 6.07) is 9.05. The van der Waals surface area contributed by atoms with Crippen LogP contribution in [0.1, 0.15) is 25.0 Å². The van der Waals surface area contributed by atoms with E-state index in [4.69, 9.17) is 11.6 Å². The summed E-state index contributed by atoms with van der Waals surface area (Å²) in [6.07, 6.45) is 0.972. The number of carboxylic acid groups (broad SMARTS) is 1. The maximum absolute atomic E-state index is 13.5. The number of nitrogens with one attached hydrogen (secondary N) is 2. The van der Waals surface area contributed by atoms with Gasteiger partial charge in [-0.3, -0.25) is 9.59 Å². The number of carbonyl (C=O) groups is 2. The van der Waals surface area contributed by atoms with E-state index in [0.717, 1.165) is 0 Å². The molecule has 3 aromatic rings. The summed E-state index contributed by atoms with van der Waals surface area (Å²) in [5.41, 5.74) is 1.14. The summed E-state index contributed by atoms with van der Waals surface area (Å²) in [5, 5.41) is 24.3. The van der Waals surface area contributed by atoms with Gasteiger partial charge in [0.25, 0.3) is 5.56 Å². The number of carbonyl (C=O) groups excluding carboxylic acids is 1. The molecule has 174 valence electrons. The van der Waals surface area contributed by atoms with E-state index in [1.54, 1.807) is 31.2 Å². The second-order valence-corrected chi connectivity index (χ2v) is 7.86. The molecule has 0 spiro atoms. The smallest absolute Gasteiger partial charge is 1.00 e. The molecular weight excluding hydrogens is 476 g/mol. The second kappa shape index (κ2) is 11.5. The first-order chi connectivity index (χ1) is 15.6. The van der Waals surface area contributed by atoms with E-state index >= 15 is 0 Å². The van der Waals surface area contributed by atoms with Crippen molar-refractivity contribution >= 4 is 29.3 Å². The Morgan fingerprint density at radius 1 is 1.21 bits per heavy atom. The molecule has 0 saturated carbocycles. The molecule has 1 aromatic heterocycles. The molecule has 8 nitrogen and oxygen atoms in total. The maximum Gasteiger partial charge on any atom is 1.00 e. The first kappa shape index (κ1) is 27.4. The molecule has 34 heavy (non-hydrogen) atoms. The number of carboxylic acids is 1. The van der Waals surface area contributed by atoms with Crippen LogP contribution in [-0.4, -0.2) is 26.8 Å². The van der Waals surface area contributed by atoms with Crippen LogP contribution in [0.3, 0.4) is 0 Å². The number of amides is 2. The van der Waals surface area contributed by atoms with Gasteiger partial charge < -0.3 is 26.8 Å². The second-order valence-electron chi connectivity index (χ2n) is 7.46. The quantitative estimate of drug-likeness (QED) is 0.383. The first-order valence-corrected chi connectivity index (χ1v) is 10.2. The fourth-order valence-electron chi connectivity index (χ4n) is 3.34. The summed E-state index contributed by atoms with van der Waals surface area (Å²) in [5.74, 6) is -2.10. The Balaban J connectivity index is 0.00000306. The number of hydrogen-bond donors (Lipinski definition) is 4. The molecule has 0 aliphatic carbocycles. The van der Waals surface area contributed by atoms with E-state index < -0.39 is 35.8 Å². The van der Waals surface area contributed by atoms with Crippen molar-refractivity contribution in [2.45, 2.75) is 19.4 Å². The van der Waals surface area contributed by atoms with Crippen molar-refractivity contribution in [2.75, 3.05) is 5.32 Å². The van der Waals surface area contributed by atoms with Gasteiger partial charge in [0.05, 0.1) is 17.5 Å². The van der Waals surface area contributed by atoms with Crippen molar-refractivity contribution in [1.29, 1.82) is 0 Å². The SMILES string of the molecule is Cc1cn(C)c(=O)c(NC(=O)NC(CC(=O)O)c2cccc(-c3ccc(F)c(Cl)c3)c2)c1O.[H-].[Na+]. The molecule has 11 heteroatoms. The molecule has 0 saturated heterocycles. The van der Waals surface area contributed by atoms with Gasteiger partial charge in [-0.05, 0) is 41.8 Å². The van der Waals surface area contributed by atoms with E-state index in [1.165, 1.54) is 36.0 Å². The van der Waals surface area contributed by atoms with Crippen molar-refractivity contribution in [3.8, 4) is 16.9 Å². The largest absolute Gasteiger partial charge is 1.00 e. The zero-order valence-electron chi connectivity index (χ0n) is 19.7. The van der Waals surface area contributed by atoms with Crippen LogP contribution >= 0.6 is 11.6 Å². The van der Waals surface area contributed by atoms with Gasteiger partial charge in [-0.2, -0.15) is 0 Å². The molecule has 0 aliphatic heterocycles. The van der Waals surface area contributed by atoms with Gasteiger partial charge in [0.2, 0.25) is 0 Å². The molecule has 0 aliphatic rings. The Morgan fingerprint density at radius 3 is 2.53 bits per heavy atom. The average Bonchev–Trinajstić information content (AvgIpc) is 2.76. The van der Waals surface area contributed by atoms with Gasteiger partial charge in [-0.15, -0.1) is 0 Å². The van der Waals surface area contributed by atoms with Crippen molar-refractivity contribution < 1.29 is 55.2 Å². The predicted molar refractivity (Wildman–Crippen MR) is 123 cm³/mol. The van der Waals surface area contributed by atoms with Gasteiger partial charge >= 0.3 is 41.6 Å². The molecule has 4 N–H and O–H groups in total. The molecule has 0 bridgehead atoms. The van der Waals surface area contributed by atoms with E-state index in [0.29, 0.717) is 22.3 Å². The fourth-order valence-corrected chi connectivity index (χ4v) is 3.52. The monoisotopic (exact) mass is 497 g/mol. The number of pyridine rings is 1. The number of aliphatic carboxylic acids is 1. The van der Waals surface area contributed by atoms with E-state index in [2.05, 4.69) is 10.6 Å². The van der Waals surface area contributed by atoms with Crippen LogP contribution in [0.15, 0.2) is 53.5 Å². The molecule has 0 fully saturated rings. The Kier molecular flexibility index (Phi) is 9.29. The molecule has 2 amide bonds. The van der Waals surface area contributed by atoms with E-state index in [9.17, 15) is 29.0 Å². The van der Waals surface area contributed by atoms with E-state index in [1.807, 2.05) is 0 Å². The first-order valence-electron chi connectivity index (χ1n) is 9.80. The third-order valence-electron chi connectivity index (χ3n) is 5.00. The number of rotatable bonds is 6. The molecule has 2 aromatic carbocycles. The van der Waals surface area contributed by atoms with Crippen molar-refractivity contribution in [2.24, 2.45) is 7.05 Å². The normalized spacial score (nSPS) is 11.3. The van der Waals surface area contributed by atoms with E-state index in [-0.39, 0.29) is 47.4 Å². The van der Waals surface area contributed by atoms with Crippen LogP contribution in [0.2, 0.25) is 5.02 Å². The standard InChI is InChI=1S/C23H21ClFN3O5.Na.H/c1-12-11-28(2)22(32)20(21(12)31)27-23(33)26-18(10-19(29)30)15-5-3-4-13(8-15)14-6-7-17(25)16(24)9-14;;/h3-9,11,18,31H,10H2,1-2H3,(H,29,30)(H2,26,27,33);;/q;+1;-1. The minimum atomic E-state index is -1.16. The fraction of sp³-hybridized carbons (Fsp3) is 0.174. The minimum absolute atomic E-state index is 0. The number of aromatic nitrogens is 1. The van der Waals surface area contributed by atoms with Crippen LogP contribution in [0.5, 0.6) is 5.75 Å². The zero-order valence-corrected chi connectivity index (χ0v) is 21.5. The number of halogens is 2. The van der Waals surface area contributed by atoms with Crippen molar-refractivity contribution in [3.05, 3.63) is 81.0 Å². The van der Waals surface area contributed by atoms with Crippen LogP contribution in [0.4, 0.5) is 14.9 Å². The number of urea groups is 1. The van der Waals surface area contributed by atoms with Gasteiger partial charge in [0, 0.05) is 18.8 Å². The molecule has 1 heterocycles. The van der Waals surface area contributed by atoms with Crippen LogP contribution < -0.4 is 45.8 Å². The third-order valence-corrected chi connectivity index (χ3v) is 5.29. The average molecular weight is 498 g/mol. The molecular formula is C23H22ClFN3NaO5. The topological polar surface area (TPSA) is 121 Å². The molecule has 3 rings (SSSR count). The molecule has 1 unspecified atom stereocenters. The Hall–Kier alpha value is -2.85. The van der Waals surface area contributed by atoms with Gasteiger partial charge in [-0.25, -0.2) is 9.18 Å². The summed E-state index contributed by atoms with van der Waals surface area (Å²) in [7, 11) is 1.47. The Labute approximate surface area is 223 Å². The van der Waals surface area contributed by atoms with Crippen LogP contribution in [0.25, 0.3) is 11.1 Å².